The maximum absolute atomic E-state index is 9.02. The highest BCUT2D eigenvalue weighted by atomic mass is 15.2. The fraction of sp³-hybridized carbons (Fsp3) is 0.400. The minimum absolute atomic E-state index is 0.470. The highest BCUT2D eigenvalue weighted by Gasteiger charge is 2.22. The van der Waals surface area contributed by atoms with Crippen LogP contribution >= 0.6 is 0 Å². The van der Waals surface area contributed by atoms with E-state index in [0.717, 1.165) is 42.9 Å². The first-order valence-electron chi connectivity index (χ1n) is 6.45. The number of rotatable bonds is 4. The second-order valence-corrected chi connectivity index (χ2v) is 4.55. The van der Waals surface area contributed by atoms with E-state index in [4.69, 9.17) is 5.26 Å². The third-order valence-corrected chi connectivity index (χ3v) is 3.46. The molecule has 1 aliphatic heterocycles. The smallest absolute Gasteiger partial charge is 0.0992 e. The lowest BCUT2D eigenvalue weighted by atomic mass is 10.0. The number of benzene rings is 1. The molecule has 1 aromatic rings. The average molecular weight is 241 g/mol. The van der Waals surface area contributed by atoms with Crippen LogP contribution in [0.4, 0.5) is 11.4 Å². The van der Waals surface area contributed by atoms with Gasteiger partial charge in [-0.05, 0) is 31.0 Å². The van der Waals surface area contributed by atoms with Crippen LogP contribution in [0.1, 0.15) is 25.3 Å². The molecule has 1 atom stereocenters. The summed E-state index contributed by atoms with van der Waals surface area (Å²) in [6.45, 7) is 7.97. The normalized spacial score (nSPS) is 15.2. The van der Waals surface area contributed by atoms with Gasteiger partial charge in [-0.15, -0.1) is 6.58 Å². The highest BCUT2D eigenvalue weighted by molar-refractivity contribution is 5.74. The van der Waals surface area contributed by atoms with Crippen molar-refractivity contribution in [1.29, 1.82) is 5.26 Å². The molecule has 0 saturated heterocycles. The Kier molecular flexibility index (Phi) is 3.88. The standard InChI is InChI=1S/C15H19N3/c1-3-5-13(4-2)18-9-8-17-14-7-6-12(11-16)10-15(14)18/h3,6-7,10,13,17H,1,4-5,8-9H2,2H3. The Morgan fingerprint density at radius 2 is 2.44 bits per heavy atom. The molecule has 2 rings (SSSR count). The molecular weight excluding hydrogens is 222 g/mol. The Hall–Kier alpha value is -1.95. The van der Waals surface area contributed by atoms with Gasteiger partial charge in [-0.1, -0.05) is 13.0 Å². The summed E-state index contributed by atoms with van der Waals surface area (Å²) in [5.74, 6) is 0. The van der Waals surface area contributed by atoms with Crippen LogP contribution in [0.3, 0.4) is 0 Å². The summed E-state index contributed by atoms with van der Waals surface area (Å²) in [7, 11) is 0. The van der Waals surface area contributed by atoms with Crippen molar-refractivity contribution in [3.05, 3.63) is 36.4 Å². The van der Waals surface area contributed by atoms with E-state index >= 15 is 0 Å². The minimum Gasteiger partial charge on any atom is -0.382 e. The summed E-state index contributed by atoms with van der Waals surface area (Å²) in [5.41, 5.74) is 2.99. The molecule has 0 aliphatic carbocycles. The zero-order chi connectivity index (χ0) is 13.0. The van der Waals surface area contributed by atoms with Crippen molar-refractivity contribution < 1.29 is 0 Å². The molecule has 1 N–H and O–H groups in total. The second kappa shape index (κ2) is 5.59. The molecule has 1 aromatic carbocycles. The number of nitrogens with one attached hydrogen (secondary N) is 1. The first kappa shape index (κ1) is 12.5. The summed E-state index contributed by atoms with van der Waals surface area (Å²) in [5, 5.41) is 12.4. The third kappa shape index (κ3) is 2.33. The van der Waals surface area contributed by atoms with Gasteiger partial charge in [-0.2, -0.15) is 5.26 Å². The monoisotopic (exact) mass is 241 g/mol. The number of nitriles is 1. The molecule has 3 heteroatoms. The number of anilines is 2. The van der Waals surface area contributed by atoms with E-state index in [0.29, 0.717) is 6.04 Å². The Labute approximate surface area is 109 Å². The van der Waals surface area contributed by atoms with Gasteiger partial charge in [-0.3, -0.25) is 0 Å². The average Bonchev–Trinajstić information content (AvgIpc) is 2.43. The van der Waals surface area contributed by atoms with Crippen LogP contribution < -0.4 is 10.2 Å². The Morgan fingerprint density at radius 1 is 1.61 bits per heavy atom. The molecule has 0 aromatic heterocycles. The number of nitrogens with zero attached hydrogens (tertiary/aromatic N) is 2. The van der Waals surface area contributed by atoms with Crippen LogP contribution in [0.5, 0.6) is 0 Å². The molecule has 18 heavy (non-hydrogen) atoms. The number of hydrogen-bond donors (Lipinski definition) is 1. The van der Waals surface area contributed by atoms with Gasteiger partial charge in [0.1, 0.15) is 0 Å². The van der Waals surface area contributed by atoms with E-state index in [1.807, 2.05) is 24.3 Å². The molecule has 1 heterocycles. The van der Waals surface area contributed by atoms with Crippen LogP contribution in [0.25, 0.3) is 0 Å². The van der Waals surface area contributed by atoms with Crippen molar-refractivity contribution in [1.82, 2.24) is 0 Å². The first-order chi connectivity index (χ1) is 8.80. The van der Waals surface area contributed by atoms with Crippen LogP contribution in [0.15, 0.2) is 30.9 Å². The first-order valence-corrected chi connectivity index (χ1v) is 6.45. The second-order valence-electron chi connectivity index (χ2n) is 4.55. The molecule has 0 radical (unpaired) electrons. The van der Waals surface area contributed by atoms with Gasteiger partial charge in [0.05, 0.1) is 23.0 Å². The fourth-order valence-corrected chi connectivity index (χ4v) is 2.51. The fourth-order valence-electron chi connectivity index (χ4n) is 2.51. The van der Waals surface area contributed by atoms with Gasteiger partial charge in [-0.25, -0.2) is 0 Å². The molecular formula is C15H19N3. The van der Waals surface area contributed by atoms with Crippen LogP contribution in [0, 0.1) is 11.3 Å². The maximum atomic E-state index is 9.02. The predicted molar refractivity (Wildman–Crippen MR) is 75.9 cm³/mol. The van der Waals surface area contributed by atoms with E-state index in [1.54, 1.807) is 0 Å². The van der Waals surface area contributed by atoms with Gasteiger partial charge in [0.2, 0.25) is 0 Å². The van der Waals surface area contributed by atoms with Crippen molar-refractivity contribution in [2.24, 2.45) is 0 Å². The van der Waals surface area contributed by atoms with Crippen molar-refractivity contribution in [2.45, 2.75) is 25.8 Å². The molecule has 0 saturated carbocycles. The lowest BCUT2D eigenvalue weighted by Gasteiger charge is -2.38. The molecule has 0 spiro atoms. The van der Waals surface area contributed by atoms with Crippen molar-refractivity contribution in [3.8, 4) is 6.07 Å². The van der Waals surface area contributed by atoms with Gasteiger partial charge in [0.15, 0.2) is 0 Å². The third-order valence-electron chi connectivity index (χ3n) is 3.46. The lowest BCUT2D eigenvalue weighted by molar-refractivity contribution is 0.578. The maximum Gasteiger partial charge on any atom is 0.0992 e. The lowest BCUT2D eigenvalue weighted by Crippen LogP contribution is -2.41. The van der Waals surface area contributed by atoms with E-state index in [2.05, 4.69) is 29.8 Å². The zero-order valence-electron chi connectivity index (χ0n) is 10.8. The van der Waals surface area contributed by atoms with Crippen molar-refractivity contribution in [3.63, 3.8) is 0 Å². The molecule has 0 fully saturated rings. The number of fused-ring (bicyclic) bond motifs is 1. The van der Waals surface area contributed by atoms with Crippen LogP contribution in [-0.4, -0.2) is 19.1 Å². The quantitative estimate of drug-likeness (QED) is 0.823. The molecule has 3 nitrogen and oxygen atoms in total. The van der Waals surface area contributed by atoms with Gasteiger partial charge in [0.25, 0.3) is 0 Å². The summed E-state index contributed by atoms with van der Waals surface area (Å²) in [4.78, 5) is 2.40. The Bertz CT molecular complexity index is 473. The molecule has 0 amide bonds. The van der Waals surface area contributed by atoms with E-state index < -0.39 is 0 Å². The van der Waals surface area contributed by atoms with E-state index in [1.165, 1.54) is 0 Å². The summed E-state index contributed by atoms with van der Waals surface area (Å²) in [6, 6.07) is 8.53. The Morgan fingerprint density at radius 3 is 3.11 bits per heavy atom. The zero-order valence-corrected chi connectivity index (χ0v) is 10.8. The largest absolute Gasteiger partial charge is 0.382 e. The highest BCUT2D eigenvalue weighted by Crippen LogP contribution is 2.32. The van der Waals surface area contributed by atoms with Gasteiger partial charge >= 0.3 is 0 Å². The van der Waals surface area contributed by atoms with E-state index in [9.17, 15) is 0 Å². The van der Waals surface area contributed by atoms with Crippen LogP contribution in [-0.2, 0) is 0 Å². The van der Waals surface area contributed by atoms with Crippen molar-refractivity contribution in [2.75, 3.05) is 23.3 Å². The molecule has 0 bridgehead atoms. The molecule has 1 unspecified atom stereocenters. The molecule has 94 valence electrons. The summed E-state index contributed by atoms with van der Waals surface area (Å²) >= 11 is 0. The van der Waals surface area contributed by atoms with Gasteiger partial charge < -0.3 is 10.2 Å². The van der Waals surface area contributed by atoms with Crippen molar-refractivity contribution >= 4 is 11.4 Å². The summed E-state index contributed by atoms with van der Waals surface area (Å²) in [6.07, 6.45) is 4.04. The van der Waals surface area contributed by atoms with Gasteiger partial charge in [0, 0.05) is 19.1 Å². The predicted octanol–water partition coefficient (Wildman–Crippen LogP) is 3.14. The molecule has 1 aliphatic rings. The van der Waals surface area contributed by atoms with E-state index in [-0.39, 0.29) is 0 Å². The minimum atomic E-state index is 0.470. The number of hydrogen-bond acceptors (Lipinski definition) is 3. The summed E-state index contributed by atoms with van der Waals surface area (Å²) < 4.78 is 0. The Balaban J connectivity index is 2.36. The SMILES string of the molecule is C=CCC(CC)N1CCNc2ccc(C#N)cc21. The van der Waals surface area contributed by atoms with Crippen LogP contribution in [0.2, 0.25) is 0 Å². The topological polar surface area (TPSA) is 39.1 Å².